The summed E-state index contributed by atoms with van der Waals surface area (Å²) in [6, 6.07) is 0. The van der Waals surface area contributed by atoms with Crippen molar-refractivity contribution >= 4 is 11.6 Å². The summed E-state index contributed by atoms with van der Waals surface area (Å²) >= 11 is 5.73. The highest BCUT2D eigenvalue weighted by Crippen LogP contribution is 2.12. The van der Waals surface area contributed by atoms with Gasteiger partial charge in [0.15, 0.2) is 0 Å². The molecule has 0 unspecified atom stereocenters. The van der Waals surface area contributed by atoms with Crippen molar-refractivity contribution in [1.29, 1.82) is 0 Å². The molecule has 0 nitrogen and oxygen atoms in total. The molecule has 0 aliphatic heterocycles. The van der Waals surface area contributed by atoms with Gasteiger partial charge >= 0.3 is 0 Å². The Hall–Kier alpha value is -0.490. The first kappa shape index (κ1) is 6.63. The van der Waals surface area contributed by atoms with Gasteiger partial charge in [0.25, 0.3) is 0 Å². The Balaban J connectivity index is 2.75. The molecular formula is C8H9Cl. The van der Waals surface area contributed by atoms with Crippen LogP contribution in [0.4, 0.5) is 0 Å². The Bertz CT molecular complexity index is 182. The van der Waals surface area contributed by atoms with Crippen LogP contribution in [0.1, 0.15) is 13.3 Å². The Morgan fingerprint density at radius 2 is 2.33 bits per heavy atom. The Labute approximate surface area is 60.5 Å². The molecule has 48 valence electrons. The van der Waals surface area contributed by atoms with Gasteiger partial charge in [-0.25, -0.2) is 0 Å². The normalized spacial score (nSPS) is 18.4. The Kier molecular flexibility index (Phi) is 2.12. The molecule has 0 saturated heterocycles. The second kappa shape index (κ2) is 2.88. The van der Waals surface area contributed by atoms with Crippen LogP contribution in [-0.2, 0) is 0 Å². The molecule has 1 heteroatoms. The second-order valence-corrected chi connectivity index (χ2v) is 2.60. The highest BCUT2D eigenvalue weighted by Gasteiger charge is 1.90. The van der Waals surface area contributed by atoms with Gasteiger partial charge in [-0.1, -0.05) is 35.4 Å². The zero-order valence-corrected chi connectivity index (χ0v) is 6.15. The minimum absolute atomic E-state index is 0.836. The third-order valence-corrected chi connectivity index (χ3v) is 1.54. The third-order valence-electron chi connectivity index (χ3n) is 1.26. The summed E-state index contributed by atoms with van der Waals surface area (Å²) in [7, 11) is 0. The van der Waals surface area contributed by atoms with Crippen LogP contribution in [0, 0.1) is 0 Å². The van der Waals surface area contributed by atoms with E-state index < -0.39 is 0 Å². The van der Waals surface area contributed by atoms with Crippen molar-refractivity contribution in [1.82, 2.24) is 0 Å². The average Bonchev–Trinajstić information content (AvgIpc) is 1.97. The molecule has 0 aromatic heterocycles. The molecule has 0 radical (unpaired) electrons. The molecule has 0 aromatic carbocycles. The first-order chi connectivity index (χ1) is 4.29. The van der Waals surface area contributed by atoms with Crippen LogP contribution in [0.2, 0.25) is 0 Å². The van der Waals surface area contributed by atoms with Crippen LogP contribution in [0.5, 0.6) is 0 Å². The van der Waals surface area contributed by atoms with Crippen molar-refractivity contribution in [2.75, 3.05) is 0 Å². The highest BCUT2D eigenvalue weighted by atomic mass is 35.5. The third kappa shape index (κ3) is 2.06. The summed E-state index contributed by atoms with van der Waals surface area (Å²) in [6.45, 7) is 2.09. The molecule has 0 atom stereocenters. The minimum Gasteiger partial charge on any atom is -0.0847 e. The molecule has 9 heavy (non-hydrogen) atoms. The maximum Gasteiger partial charge on any atom is 0.0369 e. The molecule has 1 rings (SSSR count). The lowest BCUT2D eigenvalue weighted by Gasteiger charge is -1.88. The molecule has 0 heterocycles. The van der Waals surface area contributed by atoms with Gasteiger partial charge in [-0.15, -0.1) is 0 Å². The van der Waals surface area contributed by atoms with Gasteiger partial charge in [0.05, 0.1) is 0 Å². The largest absolute Gasteiger partial charge is 0.0847 e. The van der Waals surface area contributed by atoms with Crippen LogP contribution in [-0.4, -0.2) is 0 Å². The summed E-state index contributed by atoms with van der Waals surface area (Å²) in [5, 5.41) is 0.836. The van der Waals surface area contributed by atoms with Crippen molar-refractivity contribution in [3.05, 3.63) is 34.9 Å². The number of hydrogen-bond donors (Lipinski definition) is 0. The molecule has 0 fully saturated rings. The van der Waals surface area contributed by atoms with Gasteiger partial charge < -0.3 is 0 Å². The molecule has 0 aromatic rings. The van der Waals surface area contributed by atoms with Crippen molar-refractivity contribution in [3.8, 4) is 0 Å². The lowest BCUT2D eigenvalue weighted by Crippen LogP contribution is -1.67. The number of rotatable bonds is 0. The molecule has 0 amide bonds. The minimum atomic E-state index is 0.836. The highest BCUT2D eigenvalue weighted by molar-refractivity contribution is 6.31. The van der Waals surface area contributed by atoms with Crippen molar-refractivity contribution in [2.45, 2.75) is 13.3 Å². The molecule has 0 spiro atoms. The van der Waals surface area contributed by atoms with E-state index in [4.69, 9.17) is 11.6 Å². The maximum absolute atomic E-state index is 5.73. The summed E-state index contributed by atoms with van der Waals surface area (Å²) < 4.78 is 0. The predicted octanol–water partition coefficient (Wildman–Crippen LogP) is 3.02. The standard InChI is InChI=1S/C8H9Cl/c1-7-3-2-4-8(9)6-5-7/h2-4,6H,5H2,1H3. The lowest BCUT2D eigenvalue weighted by molar-refractivity contribution is 1.22. The van der Waals surface area contributed by atoms with Crippen LogP contribution >= 0.6 is 11.6 Å². The molecular weight excluding hydrogens is 132 g/mol. The molecule has 1 aliphatic carbocycles. The monoisotopic (exact) mass is 140 g/mol. The zero-order chi connectivity index (χ0) is 6.69. The predicted molar refractivity (Wildman–Crippen MR) is 41.5 cm³/mol. The summed E-state index contributed by atoms with van der Waals surface area (Å²) in [4.78, 5) is 0. The fourth-order valence-corrected chi connectivity index (χ4v) is 0.849. The van der Waals surface area contributed by atoms with Crippen LogP contribution in [0.3, 0.4) is 0 Å². The van der Waals surface area contributed by atoms with Crippen LogP contribution < -0.4 is 0 Å². The van der Waals surface area contributed by atoms with E-state index in [0.29, 0.717) is 0 Å². The van der Waals surface area contributed by atoms with Crippen molar-refractivity contribution in [3.63, 3.8) is 0 Å². The Morgan fingerprint density at radius 1 is 1.56 bits per heavy atom. The van der Waals surface area contributed by atoms with Crippen molar-refractivity contribution in [2.24, 2.45) is 0 Å². The average molecular weight is 141 g/mol. The zero-order valence-electron chi connectivity index (χ0n) is 5.39. The van der Waals surface area contributed by atoms with Crippen molar-refractivity contribution < 1.29 is 0 Å². The van der Waals surface area contributed by atoms with E-state index in [0.717, 1.165) is 11.5 Å². The quantitative estimate of drug-likeness (QED) is 0.485. The summed E-state index contributed by atoms with van der Waals surface area (Å²) in [6.07, 6.45) is 8.94. The fourth-order valence-electron chi connectivity index (χ4n) is 0.699. The van der Waals surface area contributed by atoms with Gasteiger partial charge in [-0.05, 0) is 19.4 Å². The van der Waals surface area contributed by atoms with E-state index in [9.17, 15) is 0 Å². The van der Waals surface area contributed by atoms with E-state index in [2.05, 4.69) is 13.0 Å². The fraction of sp³-hybridized carbons (Fsp3) is 0.250. The van der Waals surface area contributed by atoms with Gasteiger partial charge in [-0.2, -0.15) is 0 Å². The second-order valence-electron chi connectivity index (χ2n) is 2.17. The van der Waals surface area contributed by atoms with Gasteiger partial charge in [0.1, 0.15) is 0 Å². The van der Waals surface area contributed by atoms with E-state index in [-0.39, 0.29) is 0 Å². The number of halogens is 1. The van der Waals surface area contributed by atoms with Gasteiger partial charge in [0, 0.05) is 5.03 Å². The topological polar surface area (TPSA) is 0 Å². The van der Waals surface area contributed by atoms with Crippen LogP contribution in [0.15, 0.2) is 34.9 Å². The lowest BCUT2D eigenvalue weighted by atomic mass is 10.2. The molecule has 0 saturated carbocycles. The van der Waals surface area contributed by atoms with E-state index >= 15 is 0 Å². The van der Waals surface area contributed by atoms with Gasteiger partial charge in [0.2, 0.25) is 0 Å². The van der Waals surface area contributed by atoms with E-state index in [1.54, 1.807) is 0 Å². The van der Waals surface area contributed by atoms with Gasteiger partial charge in [-0.3, -0.25) is 0 Å². The molecule has 1 aliphatic rings. The Morgan fingerprint density at radius 3 is 3.11 bits per heavy atom. The molecule has 0 bridgehead atoms. The smallest absolute Gasteiger partial charge is 0.0369 e. The summed E-state index contributed by atoms with van der Waals surface area (Å²) in [5.41, 5.74) is 1.35. The molecule has 0 N–H and O–H groups in total. The SMILES string of the molecule is CC1=CC=CC(Cl)=CC1. The van der Waals surface area contributed by atoms with E-state index in [1.807, 2.05) is 18.2 Å². The number of allylic oxidation sites excluding steroid dienone is 6. The van der Waals surface area contributed by atoms with Crippen LogP contribution in [0.25, 0.3) is 0 Å². The first-order valence-electron chi connectivity index (χ1n) is 2.98. The van der Waals surface area contributed by atoms with E-state index in [1.165, 1.54) is 5.57 Å². The summed E-state index contributed by atoms with van der Waals surface area (Å²) in [5.74, 6) is 0. The number of hydrogen-bond acceptors (Lipinski definition) is 0. The maximum atomic E-state index is 5.73. The first-order valence-corrected chi connectivity index (χ1v) is 3.36.